The maximum absolute atomic E-state index is 11.6. The Morgan fingerprint density at radius 3 is 3.12 bits per heavy atom. The molecule has 2 aromatic rings. The number of aromatic nitrogens is 3. The minimum absolute atomic E-state index is 0.0748. The molecule has 9 heteroatoms. The molecule has 0 spiro atoms. The summed E-state index contributed by atoms with van der Waals surface area (Å²) in [5.74, 6) is 1.26. The van der Waals surface area contributed by atoms with Crippen molar-refractivity contribution in [3.8, 4) is 0 Å². The first-order chi connectivity index (χ1) is 12.6. The van der Waals surface area contributed by atoms with Crippen LogP contribution in [0, 0.1) is 6.92 Å². The summed E-state index contributed by atoms with van der Waals surface area (Å²) in [5.41, 5.74) is 7.46. The van der Waals surface area contributed by atoms with Gasteiger partial charge in [0.1, 0.15) is 10.8 Å². The second-order valence-corrected chi connectivity index (χ2v) is 6.99. The lowest BCUT2D eigenvalue weighted by Gasteiger charge is -2.33. The molecular formula is C17H23N7OS. The van der Waals surface area contributed by atoms with Crippen molar-refractivity contribution in [2.75, 3.05) is 23.3 Å². The van der Waals surface area contributed by atoms with Gasteiger partial charge < -0.3 is 21.3 Å². The van der Waals surface area contributed by atoms with Gasteiger partial charge in [0.05, 0.1) is 17.6 Å². The standard InChI is InChI=1S/C17H23N7OS/c1-3-15(25)20-12-5-4-6-24(10-12)14-9-19-13(8-18)17(21-14)22-16-7-11(2)23-26-16/h3,7,9,12H,1,4-6,8,10,18H2,2H3,(H,20,25)(H,21,22)/t12-/m0/s1. The minimum Gasteiger partial charge on any atom is -0.353 e. The predicted octanol–water partition coefficient (Wildman–Crippen LogP) is 1.71. The van der Waals surface area contributed by atoms with Gasteiger partial charge in [-0.1, -0.05) is 6.58 Å². The number of nitrogens with zero attached hydrogens (tertiary/aromatic N) is 4. The highest BCUT2D eigenvalue weighted by molar-refractivity contribution is 7.10. The molecule has 138 valence electrons. The Bertz CT molecular complexity index is 791. The lowest BCUT2D eigenvalue weighted by molar-refractivity contribution is -0.117. The zero-order chi connectivity index (χ0) is 18.5. The molecule has 1 atom stereocenters. The van der Waals surface area contributed by atoms with E-state index < -0.39 is 0 Å². The van der Waals surface area contributed by atoms with E-state index >= 15 is 0 Å². The van der Waals surface area contributed by atoms with Crippen LogP contribution in [0.1, 0.15) is 24.2 Å². The van der Waals surface area contributed by atoms with E-state index in [1.165, 1.54) is 17.6 Å². The van der Waals surface area contributed by atoms with Crippen LogP contribution in [0.2, 0.25) is 0 Å². The lowest BCUT2D eigenvalue weighted by atomic mass is 10.1. The summed E-state index contributed by atoms with van der Waals surface area (Å²) in [4.78, 5) is 22.9. The van der Waals surface area contributed by atoms with Crippen molar-refractivity contribution in [1.82, 2.24) is 19.7 Å². The number of hydrogen-bond donors (Lipinski definition) is 3. The van der Waals surface area contributed by atoms with E-state index in [4.69, 9.17) is 10.7 Å². The maximum Gasteiger partial charge on any atom is 0.243 e. The number of nitrogens with one attached hydrogen (secondary N) is 2. The number of carbonyl (C=O) groups excluding carboxylic acids is 1. The van der Waals surface area contributed by atoms with Crippen LogP contribution in [0.5, 0.6) is 0 Å². The second kappa shape index (κ2) is 8.24. The molecule has 1 aliphatic heterocycles. The summed E-state index contributed by atoms with van der Waals surface area (Å²) in [5, 5.41) is 7.13. The van der Waals surface area contributed by atoms with Gasteiger partial charge in [-0.3, -0.25) is 9.78 Å². The van der Waals surface area contributed by atoms with Crippen molar-refractivity contribution in [1.29, 1.82) is 0 Å². The fourth-order valence-corrected chi connectivity index (χ4v) is 3.57. The van der Waals surface area contributed by atoms with Crippen molar-refractivity contribution in [3.63, 3.8) is 0 Å². The van der Waals surface area contributed by atoms with Crippen LogP contribution in [-0.2, 0) is 11.3 Å². The van der Waals surface area contributed by atoms with Crippen LogP contribution >= 0.6 is 11.5 Å². The van der Waals surface area contributed by atoms with E-state index in [0.29, 0.717) is 24.6 Å². The number of anilines is 3. The molecule has 2 aromatic heterocycles. The smallest absolute Gasteiger partial charge is 0.243 e. The van der Waals surface area contributed by atoms with E-state index in [1.54, 1.807) is 6.20 Å². The van der Waals surface area contributed by atoms with Crippen LogP contribution in [0.4, 0.5) is 16.6 Å². The number of aryl methyl sites for hydroxylation is 1. The number of piperidine rings is 1. The zero-order valence-electron chi connectivity index (χ0n) is 14.7. The molecule has 0 bridgehead atoms. The average molecular weight is 373 g/mol. The highest BCUT2D eigenvalue weighted by Crippen LogP contribution is 2.25. The van der Waals surface area contributed by atoms with Gasteiger partial charge in [0, 0.05) is 25.7 Å². The molecule has 0 aromatic carbocycles. The Kier molecular flexibility index (Phi) is 5.79. The number of hydrogen-bond acceptors (Lipinski definition) is 8. The van der Waals surface area contributed by atoms with E-state index in [0.717, 1.165) is 35.9 Å². The Balaban J connectivity index is 1.77. The predicted molar refractivity (Wildman–Crippen MR) is 104 cm³/mol. The molecule has 3 heterocycles. The molecule has 8 nitrogen and oxygen atoms in total. The van der Waals surface area contributed by atoms with Crippen LogP contribution in [0.3, 0.4) is 0 Å². The number of carbonyl (C=O) groups is 1. The Labute approximate surface area is 156 Å². The third-order valence-electron chi connectivity index (χ3n) is 4.18. The van der Waals surface area contributed by atoms with Gasteiger partial charge in [-0.15, -0.1) is 0 Å². The van der Waals surface area contributed by atoms with Crippen molar-refractivity contribution >= 4 is 34.1 Å². The van der Waals surface area contributed by atoms with Gasteiger partial charge in [0.25, 0.3) is 0 Å². The molecule has 0 unspecified atom stereocenters. The molecule has 1 amide bonds. The van der Waals surface area contributed by atoms with Crippen molar-refractivity contribution in [2.45, 2.75) is 32.4 Å². The summed E-state index contributed by atoms with van der Waals surface area (Å²) >= 11 is 1.37. The van der Waals surface area contributed by atoms with E-state index in [-0.39, 0.29) is 11.9 Å². The summed E-state index contributed by atoms with van der Waals surface area (Å²) in [6, 6.07) is 2.03. The van der Waals surface area contributed by atoms with Gasteiger partial charge in [0.2, 0.25) is 5.91 Å². The third kappa shape index (κ3) is 4.36. The summed E-state index contributed by atoms with van der Waals surface area (Å²) in [6.07, 6.45) is 4.95. The molecule has 1 saturated heterocycles. The largest absolute Gasteiger partial charge is 0.353 e. The Morgan fingerprint density at radius 1 is 1.58 bits per heavy atom. The van der Waals surface area contributed by atoms with Gasteiger partial charge in [0.15, 0.2) is 5.82 Å². The van der Waals surface area contributed by atoms with E-state index in [1.807, 2.05) is 13.0 Å². The average Bonchev–Trinajstić information content (AvgIpc) is 3.06. The molecule has 3 rings (SSSR count). The molecule has 0 saturated carbocycles. The molecule has 1 aliphatic rings. The van der Waals surface area contributed by atoms with Gasteiger partial charge >= 0.3 is 0 Å². The number of nitrogens with two attached hydrogens (primary N) is 1. The first kappa shape index (κ1) is 18.3. The Hall–Kier alpha value is -2.52. The highest BCUT2D eigenvalue weighted by atomic mass is 32.1. The van der Waals surface area contributed by atoms with Crippen LogP contribution < -0.4 is 21.3 Å². The second-order valence-electron chi connectivity index (χ2n) is 6.18. The fraction of sp³-hybridized carbons (Fsp3) is 0.412. The quantitative estimate of drug-likeness (QED) is 0.661. The molecule has 1 fully saturated rings. The SMILES string of the molecule is C=CC(=O)N[C@H]1CCCN(c2cnc(CN)c(Nc3cc(C)ns3)n2)C1. The van der Waals surface area contributed by atoms with Crippen LogP contribution in [-0.4, -0.2) is 39.4 Å². The molecule has 4 N–H and O–H groups in total. The summed E-state index contributed by atoms with van der Waals surface area (Å²) < 4.78 is 4.27. The van der Waals surface area contributed by atoms with E-state index in [9.17, 15) is 4.79 Å². The number of rotatable bonds is 6. The van der Waals surface area contributed by atoms with Gasteiger partial charge in [-0.2, -0.15) is 4.37 Å². The van der Waals surface area contributed by atoms with Crippen molar-refractivity contribution in [2.24, 2.45) is 5.73 Å². The summed E-state index contributed by atoms with van der Waals surface area (Å²) in [6.45, 7) is 7.30. The molecular weight excluding hydrogens is 350 g/mol. The molecule has 0 aliphatic carbocycles. The van der Waals surface area contributed by atoms with Gasteiger partial charge in [-0.05, 0) is 43.4 Å². The first-order valence-corrected chi connectivity index (χ1v) is 9.30. The number of amides is 1. The van der Waals surface area contributed by atoms with Crippen molar-refractivity contribution < 1.29 is 4.79 Å². The fourth-order valence-electron chi connectivity index (χ4n) is 2.91. The maximum atomic E-state index is 11.6. The lowest BCUT2D eigenvalue weighted by Crippen LogP contribution is -2.47. The first-order valence-electron chi connectivity index (χ1n) is 8.53. The zero-order valence-corrected chi connectivity index (χ0v) is 15.6. The summed E-state index contributed by atoms with van der Waals surface area (Å²) in [7, 11) is 0. The third-order valence-corrected chi connectivity index (χ3v) is 4.97. The molecule has 0 radical (unpaired) electrons. The monoisotopic (exact) mass is 373 g/mol. The molecule has 26 heavy (non-hydrogen) atoms. The minimum atomic E-state index is -0.149. The topological polar surface area (TPSA) is 109 Å². The van der Waals surface area contributed by atoms with Crippen LogP contribution in [0.15, 0.2) is 24.9 Å². The van der Waals surface area contributed by atoms with Gasteiger partial charge in [-0.25, -0.2) is 4.98 Å². The highest BCUT2D eigenvalue weighted by Gasteiger charge is 2.22. The normalized spacial score (nSPS) is 17.0. The van der Waals surface area contributed by atoms with E-state index in [2.05, 4.69) is 31.5 Å². The van der Waals surface area contributed by atoms with Crippen LogP contribution in [0.25, 0.3) is 0 Å². The Morgan fingerprint density at radius 2 is 2.42 bits per heavy atom. The van der Waals surface area contributed by atoms with Crippen molar-refractivity contribution in [3.05, 3.63) is 36.3 Å².